The molecule has 2 atom stereocenters. The monoisotopic (exact) mass is 410 g/mol. The molecule has 1 fully saturated rings. The number of carbonyl (C=O) groups is 2. The maximum Gasteiger partial charge on any atom is 0.446 e. The van der Waals surface area contributed by atoms with Crippen LogP contribution in [0.4, 0.5) is 17.6 Å². The molecule has 1 saturated heterocycles. The van der Waals surface area contributed by atoms with Crippen molar-refractivity contribution in [1.82, 2.24) is 10.2 Å². The highest BCUT2D eigenvalue weighted by atomic mass is 32.2. The summed E-state index contributed by atoms with van der Waals surface area (Å²) in [5.74, 6) is -1.57. The van der Waals surface area contributed by atoms with E-state index >= 15 is 0 Å². The molecule has 11 heteroatoms. The van der Waals surface area contributed by atoms with Crippen molar-refractivity contribution in [2.45, 2.75) is 29.0 Å². The zero-order chi connectivity index (χ0) is 20.4. The van der Waals surface area contributed by atoms with Crippen molar-refractivity contribution in [2.75, 3.05) is 27.8 Å². The van der Waals surface area contributed by atoms with E-state index in [1.54, 1.807) is 0 Å². The van der Waals surface area contributed by atoms with Crippen LogP contribution in [-0.4, -0.2) is 62.2 Å². The van der Waals surface area contributed by atoms with Crippen LogP contribution in [0, 0.1) is 0 Å². The Bertz CT molecular complexity index is 729. The van der Waals surface area contributed by atoms with Crippen molar-refractivity contribution in [3.05, 3.63) is 17.7 Å². The van der Waals surface area contributed by atoms with E-state index in [9.17, 15) is 27.2 Å². The molecule has 150 valence electrons. The van der Waals surface area contributed by atoms with Gasteiger partial charge in [-0.05, 0) is 23.9 Å². The number of thioether (sulfide) groups is 1. The minimum absolute atomic E-state index is 0.0809. The Morgan fingerprint density at radius 2 is 1.93 bits per heavy atom. The molecule has 2 rings (SSSR count). The molecule has 0 aliphatic carbocycles. The van der Waals surface area contributed by atoms with Gasteiger partial charge in [0.1, 0.15) is 12.2 Å². The molecule has 1 aliphatic heterocycles. The molecular formula is C16H18F4N2O4S. The Labute approximate surface area is 157 Å². The van der Waals surface area contributed by atoms with Crippen molar-refractivity contribution in [2.24, 2.45) is 0 Å². The Morgan fingerprint density at radius 1 is 1.26 bits per heavy atom. The van der Waals surface area contributed by atoms with Crippen LogP contribution in [0.2, 0.25) is 0 Å². The van der Waals surface area contributed by atoms with Crippen LogP contribution < -0.4 is 14.8 Å². The van der Waals surface area contributed by atoms with Crippen LogP contribution >= 0.6 is 11.8 Å². The summed E-state index contributed by atoms with van der Waals surface area (Å²) < 4.78 is 62.4. The van der Waals surface area contributed by atoms with Crippen LogP contribution in [0.5, 0.6) is 11.5 Å². The molecule has 1 heterocycles. The lowest BCUT2D eigenvalue weighted by atomic mass is 10.1. The largest absolute Gasteiger partial charge is 0.493 e. The first-order valence-corrected chi connectivity index (χ1v) is 8.61. The number of nitrogens with one attached hydrogen (secondary N) is 1. The van der Waals surface area contributed by atoms with Gasteiger partial charge in [0.2, 0.25) is 5.91 Å². The third-order valence-corrected chi connectivity index (χ3v) is 4.73. The maximum atomic E-state index is 13.8. The summed E-state index contributed by atoms with van der Waals surface area (Å²) in [7, 11) is 3.75. The third-order valence-electron chi connectivity index (χ3n) is 3.98. The van der Waals surface area contributed by atoms with Crippen molar-refractivity contribution in [1.29, 1.82) is 0 Å². The van der Waals surface area contributed by atoms with Crippen LogP contribution in [-0.2, 0) is 4.79 Å². The lowest BCUT2D eigenvalue weighted by molar-refractivity contribution is -0.124. The van der Waals surface area contributed by atoms with Crippen LogP contribution in [0.15, 0.2) is 17.0 Å². The minimum atomic E-state index is -4.62. The number of hydrogen-bond acceptors (Lipinski definition) is 5. The fourth-order valence-electron chi connectivity index (χ4n) is 2.84. The van der Waals surface area contributed by atoms with Gasteiger partial charge in [-0.2, -0.15) is 13.2 Å². The smallest absolute Gasteiger partial charge is 0.446 e. The second-order valence-electron chi connectivity index (χ2n) is 5.68. The summed E-state index contributed by atoms with van der Waals surface area (Å²) in [6.45, 7) is -0.326. The molecule has 0 saturated carbocycles. The van der Waals surface area contributed by atoms with Crippen molar-refractivity contribution in [3.8, 4) is 11.5 Å². The lowest BCUT2D eigenvalue weighted by Crippen LogP contribution is -2.44. The van der Waals surface area contributed by atoms with Gasteiger partial charge >= 0.3 is 5.51 Å². The number of benzene rings is 1. The number of likely N-dealkylation sites (N-methyl/N-ethyl adjacent to an activating group) is 1. The Hall–Kier alpha value is -2.17. The van der Waals surface area contributed by atoms with Gasteiger partial charge in [0.05, 0.1) is 25.7 Å². The minimum Gasteiger partial charge on any atom is -0.493 e. The number of halogens is 4. The standard InChI is InChI=1S/C16H18F4N2O4S/c1-21-14(23)10-6-9(17)7-22(10)15(24)8-4-11(25-2)13(26-3)12(5-8)27-16(18,19)20/h4-5,9-10H,6-7H2,1-3H3,(H,21,23)/t9-,10+/m0/s1. The fraction of sp³-hybridized carbons (Fsp3) is 0.500. The summed E-state index contributed by atoms with van der Waals surface area (Å²) in [5.41, 5.74) is -4.79. The number of nitrogens with zero attached hydrogens (tertiary/aromatic N) is 1. The lowest BCUT2D eigenvalue weighted by Gasteiger charge is -2.24. The van der Waals surface area contributed by atoms with E-state index in [1.807, 2.05) is 0 Å². The van der Waals surface area contributed by atoms with E-state index in [-0.39, 0.29) is 34.9 Å². The van der Waals surface area contributed by atoms with E-state index < -0.39 is 41.3 Å². The molecule has 0 spiro atoms. The first kappa shape index (κ1) is 21.1. The van der Waals surface area contributed by atoms with Crippen molar-refractivity contribution >= 4 is 23.6 Å². The van der Waals surface area contributed by atoms with Crippen molar-refractivity contribution in [3.63, 3.8) is 0 Å². The SMILES string of the molecule is CNC(=O)[C@H]1C[C@H](F)CN1C(=O)c1cc(OC)c(OC)c(SC(F)(F)F)c1. The zero-order valence-electron chi connectivity index (χ0n) is 14.7. The molecule has 0 aromatic heterocycles. The van der Waals surface area contributed by atoms with E-state index in [0.717, 1.165) is 11.0 Å². The van der Waals surface area contributed by atoms with Crippen LogP contribution in [0.3, 0.4) is 0 Å². The molecular weight excluding hydrogens is 392 g/mol. The molecule has 2 amide bonds. The Kier molecular flexibility index (Phi) is 6.45. The molecule has 1 aromatic rings. The second-order valence-corrected chi connectivity index (χ2v) is 6.79. The van der Waals surface area contributed by atoms with Gasteiger partial charge in [0, 0.05) is 19.0 Å². The molecule has 0 radical (unpaired) electrons. The zero-order valence-corrected chi connectivity index (χ0v) is 15.5. The predicted octanol–water partition coefficient (Wildman–Crippen LogP) is 2.61. The number of rotatable bonds is 5. The molecule has 1 aliphatic rings. The summed E-state index contributed by atoms with van der Waals surface area (Å²) in [5, 5.41) is 2.35. The third kappa shape index (κ3) is 4.76. The van der Waals surface area contributed by atoms with Gasteiger partial charge in [0.15, 0.2) is 11.5 Å². The summed E-state index contributed by atoms with van der Waals surface area (Å²) in [4.78, 5) is 25.3. The molecule has 0 unspecified atom stereocenters. The number of alkyl halides is 4. The number of ether oxygens (including phenoxy) is 2. The number of amides is 2. The van der Waals surface area contributed by atoms with Crippen LogP contribution in [0.1, 0.15) is 16.8 Å². The highest BCUT2D eigenvalue weighted by Crippen LogP contribution is 2.46. The average Bonchev–Trinajstić information content (AvgIpc) is 2.99. The summed E-state index contributed by atoms with van der Waals surface area (Å²) in [6.07, 6.45) is -1.58. The second kappa shape index (κ2) is 8.24. The van der Waals surface area contributed by atoms with Gasteiger partial charge in [-0.1, -0.05) is 0 Å². The average molecular weight is 410 g/mol. The Morgan fingerprint density at radius 3 is 2.44 bits per heavy atom. The number of likely N-dealkylation sites (tertiary alicyclic amines) is 1. The van der Waals surface area contributed by atoms with Gasteiger partial charge in [-0.25, -0.2) is 4.39 Å². The van der Waals surface area contributed by atoms with E-state index in [2.05, 4.69) is 5.32 Å². The molecule has 0 bridgehead atoms. The first-order chi connectivity index (χ1) is 12.6. The van der Waals surface area contributed by atoms with Gasteiger partial charge in [0.25, 0.3) is 5.91 Å². The van der Waals surface area contributed by atoms with Gasteiger partial charge in [-0.15, -0.1) is 0 Å². The van der Waals surface area contributed by atoms with Gasteiger partial charge in [-0.3, -0.25) is 9.59 Å². The number of methoxy groups -OCH3 is 2. The molecule has 1 N–H and O–H groups in total. The van der Waals surface area contributed by atoms with Gasteiger partial charge < -0.3 is 19.7 Å². The molecule has 6 nitrogen and oxygen atoms in total. The summed E-state index contributed by atoms with van der Waals surface area (Å²) in [6, 6.07) is 1.16. The molecule has 1 aromatic carbocycles. The first-order valence-electron chi connectivity index (χ1n) is 7.79. The van der Waals surface area contributed by atoms with Crippen molar-refractivity contribution < 1.29 is 36.6 Å². The van der Waals surface area contributed by atoms with E-state index in [1.165, 1.54) is 27.3 Å². The predicted molar refractivity (Wildman–Crippen MR) is 89.9 cm³/mol. The maximum absolute atomic E-state index is 13.8. The Balaban J connectivity index is 2.46. The highest BCUT2D eigenvalue weighted by Gasteiger charge is 2.40. The van der Waals surface area contributed by atoms with Crippen LogP contribution in [0.25, 0.3) is 0 Å². The van der Waals surface area contributed by atoms with E-state index in [4.69, 9.17) is 9.47 Å². The summed E-state index contributed by atoms with van der Waals surface area (Å²) >= 11 is -0.461. The van der Waals surface area contributed by atoms with E-state index in [0.29, 0.717) is 0 Å². The topological polar surface area (TPSA) is 67.9 Å². The molecule has 27 heavy (non-hydrogen) atoms. The highest BCUT2D eigenvalue weighted by molar-refractivity contribution is 8.00. The normalized spacial score (nSPS) is 19.7. The number of hydrogen-bond donors (Lipinski definition) is 1. The number of carbonyl (C=O) groups excluding carboxylic acids is 2. The fourth-order valence-corrected chi connectivity index (χ4v) is 3.56. The quantitative estimate of drug-likeness (QED) is 0.597.